The normalized spacial score (nSPS) is 10.7. The lowest BCUT2D eigenvalue weighted by Crippen LogP contribution is -2.18. The van der Waals surface area contributed by atoms with E-state index in [1.54, 1.807) is 37.4 Å². The molecule has 27 heavy (non-hydrogen) atoms. The number of H-pyrrole nitrogens is 1. The zero-order chi connectivity index (χ0) is 19.2. The Morgan fingerprint density at radius 3 is 2.70 bits per heavy atom. The van der Waals surface area contributed by atoms with Crippen molar-refractivity contribution in [2.75, 3.05) is 7.11 Å². The number of benzene rings is 2. The summed E-state index contributed by atoms with van der Waals surface area (Å²) in [5, 5.41) is 21.5. The molecule has 0 saturated carbocycles. The number of amides is 1. The quantitative estimate of drug-likeness (QED) is 0.395. The van der Waals surface area contributed by atoms with Gasteiger partial charge in [0.25, 0.3) is 11.6 Å². The van der Waals surface area contributed by atoms with Crippen molar-refractivity contribution < 1.29 is 14.5 Å². The number of nitro benzene ring substituents is 1. The zero-order valence-electron chi connectivity index (χ0n) is 14.2. The summed E-state index contributed by atoms with van der Waals surface area (Å²) in [5.74, 6) is 0.202. The Kier molecular flexibility index (Phi) is 5.22. The molecular weight excluding hydrogens is 350 g/mol. The number of hydrogen-bond donors (Lipinski definition) is 2. The van der Waals surface area contributed by atoms with Crippen molar-refractivity contribution in [1.82, 2.24) is 15.6 Å². The minimum Gasteiger partial charge on any atom is -0.497 e. The first-order valence-electron chi connectivity index (χ1n) is 7.85. The Hall–Kier alpha value is -4.01. The van der Waals surface area contributed by atoms with E-state index in [0.29, 0.717) is 5.69 Å². The van der Waals surface area contributed by atoms with E-state index in [1.807, 2.05) is 12.1 Å². The van der Waals surface area contributed by atoms with Crippen LogP contribution in [0.2, 0.25) is 0 Å². The van der Waals surface area contributed by atoms with E-state index in [-0.39, 0.29) is 16.9 Å². The van der Waals surface area contributed by atoms with Crippen molar-refractivity contribution in [3.63, 3.8) is 0 Å². The molecule has 3 rings (SSSR count). The molecule has 0 aliphatic carbocycles. The number of para-hydroxylation sites is 1. The van der Waals surface area contributed by atoms with Crippen LogP contribution in [0.25, 0.3) is 11.3 Å². The Morgan fingerprint density at radius 2 is 2.00 bits per heavy atom. The van der Waals surface area contributed by atoms with Gasteiger partial charge in [-0.15, -0.1) is 0 Å². The minimum atomic E-state index is -0.517. The third kappa shape index (κ3) is 4.15. The first-order chi connectivity index (χ1) is 13.1. The van der Waals surface area contributed by atoms with Crippen LogP contribution in [-0.2, 0) is 0 Å². The molecule has 9 nitrogen and oxygen atoms in total. The SMILES string of the molecule is COc1ccc(-c2cc(C(=O)N/N=C/c3ccccc3[N+](=O)[O-])[nH]n2)cc1. The van der Waals surface area contributed by atoms with Gasteiger partial charge in [-0.2, -0.15) is 10.2 Å². The zero-order valence-corrected chi connectivity index (χ0v) is 14.2. The maximum atomic E-state index is 12.1. The van der Waals surface area contributed by atoms with Crippen molar-refractivity contribution in [2.24, 2.45) is 5.10 Å². The molecule has 2 aromatic carbocycles. The van der Waals surface area contributed by atoms with Crippen LogP contribution >= 0.6 is 0 Å². The third-order valence-corrected chi connectivity index (χ3v) is 3.71. The summed E-state index contributed by atoms with van der Waals surface area (Å²) in [6, 6.07) is 14.9. The van der Waals surface area contributed by atoms with Gasteiger partial charge in [0.1, 0.15) is 11.4 Å². The summed E-state index contributed by atoms with van der Waals surface area (Å²) in [5.41, 5.74) is 4.11. The average molecular weight is 365 g/mol. The Morgan fingerprint density at radius 1 is 1.26 bits per heavy atom. The topological polar surface area (TPSA) is 123 Å². The lowest BCUT2D eigenvalue weighted by Gasteiger charge is -2.00. The van der Waals surface area contributed by atoms with E-state index < -0.39 is 10.8 Å². The first kappa shape index (κ1) is 17.8. The van der Waals surface area contributed by atoms with Crippen molar-refractivity contribution in [3.05, 3.63) is 76.0 Å². The van der Waals surface area contributed by atoms with E-state index in [2.05, 4.69) is 20.7 Å². The molecular formula is C18H15N5O4. The average Bonchev–Trinajstić information content (AvgIpc) is 3.18. The Bertz CT molecular complexity index is 995. The Labute approximate surface area is 153 Å². The molecule has 0 atom stereocenters. The molecule has 1 amide bonds. The van der Waals surface area contributed by atoms with E-state index in [0.717, 1.165) is 11.3 Å². The molecule has 0 saturated heterocycles. The number of rotatable bonds is 6. The number of carbonyl (C=O) groups is 1. The van der Waals surface area contributed by atoms with E-state index in [4.69, 9.17) is 4.74 Å². The van der Waals surface area contributed by atoms with Crippen LogP contribution in [0.1, 0.15) is 16.1 Å². The molecule has 0 aliphatic rings. The number of nitrogens with zero attached hydrogens (tertiary/aromatic N) is 3. The summed E-state index contributed by atoms with van der Waals surface area (Å²) in [6.45, 7) is 0. The van der Waals surface area contributed by atoms with Crippen LogP contribution in [0.3, 0.4) is 0 Å². The molecule has 136 valence electrons. The van der Waals surface area contributed by atoms with Crippen LogP contribution in [0.4, 0.5) is 5.69 Å². The lowest BCUT2D eigenvalue weighted by molar-refractivity contribution is -0.385. The molecule has 1 aromatic heterocycles. The van der Waals surface area contributed by atoms with Crippen molar-refractivity contribution in [1.29, 1.82) is 0 Å². The predicted octanol–water partition coefficient (Wildman–Crippen LogP) is 2.76. The summed E-state index contributed by atoms with van der Waals surface area (Å²) < 4.78 is 5.10. The molecule has 0 radical (unpaired) electrons. The second kappa shape index (κ2) is 7.91. The van der Waals surface area contributed by atoms with Gasteiger partial charge in [0.15, 0.2) is 0 Å². The second-order valence-corrected chi connectivity index (χ2v) is 5.41. The van der Waals surface area contributed by atoms with Gasteiger partial charge in [0, 0.05) is 11.6 Å². The fraction of sp³-hybridized carbons (Fsp3) is 0.0556. The number of aromatic nitrogens is 2. The monoisotopic (exact) mass is 365 g/mol. The van der Waals surface area contributed by atoms with Gasteiger partial charge in [-0.1, -0.05) is 12.1 Å². The fourth-order valence-corrected chi connectivity index (χ4v) is 2.33. The summed E-state index contributed by atoms with van der Waals surface area (Å²) in [7, 11) is 1.58. The highest BCUT2D eigenvalue weighted by Crippen LogP contribution is 2.21. The van der Waals surface area contributed by atoms with E-state index >= 15 is 0 Å². The van der Waals surface area contributed by atoms with E-state index in [1.165, 1.54) is 18.3 Å². The van der Waals surface area contributed by atoms with Gasteiger partial charge in [-0.05, 0) is 36.4 Å². The number of carbonyl (C=O) groups excluding carboxylic acids is 1. The smallest absolute Gasteiger partial charge is 0.289 e. The minimum absolute atomic E-state index is 0.0983. The predicted molar refractivity (Wildman–Crippen MR) is 98.7 cm³/mol. The number of hydrogen-bond acceptors (Lipinski definition) is 6. The number of hydrazone groups is 1. The molecule has 0 bridgehead atoms. The highest BCUT2D eigenvalue weighted by molar-refractivity contribution is 5.94. The molecule has 0 aliphatic heterocycles. The number of ether oxygens (including phenoxy) is 1. The number of nitro groups is 1. The first-order valence-corrected chi connectivity index (χ1v) is 7.85. The molecule has 0 fully saturated rings. The largest absolute Gasteiger partial charge is 0.497 e. The maximum absolute atomic E-state index is 12.1. The van der Waals surface area contributed by atoms with Crippen molar-refractivity contribution in [2.45, 2.75) is 0 Å². The summed E-state index contributed by atoms with van der Waals surface area (Å²) in [6.07, 6.45) is 1.22. The van der Waals surface area contributed by atoms with Crippen LogP contribution < -0.4 is 10.2 Å². The standard InChI is InChI=1S/C18H15N5O4/c1-27-14-8-6-12(7-9-14)15-10-16(21-20-15)18(24)22-19-11-13-4-2-3-5-17(13)23(25)26/h2-11H,1H3,(H,20,21)(H,22,24)/b19-11+. The van der Waals surface area contributed by atoms with Crippen LogP contribution in [-0.4, -0.2) is 34.4 Å². The third-order valence-electron chi connectivity index (χ3n) is 3.71. The molecule has 3 aromatic rings. The van der Waals surface area contributed by atoms with Gasteiger partial charge >= 0.3 is 0 Å². The molecule has 1 heterocycles. The van der Waals surface area contributed by atoms with Crippen LogP contribution in [0.15, 0.2) is 59.7 Å². The van der Waals surface area contributed by atoms with Gasteiger partial charge in [0.05, 0.1) is 29.5 Å². The number of nitrogens with one attached hydrogen (secondary N) is 2. The summed E-state index contributed by atoms with van der Waals surface area (Å²) in [4.78, 5) is 22.6. The highest BCUT2D eigenvalue weighted by atomic mass is 16.6. The second-order valence-electron chi connectivity index (χ2n) is 5.41. The molecule has 9 heteroatoms. The maximum Gasteiger partial charge on any atom is 0.289 e. The van der Waals surface area contributed by atoms with Crippen molar-refractivity contribution in [3.8, 4) is 17.0 Å². The molecule has 0 unspecified atom stereocenters. The molecule has 2 N–H and O–H groups in total. The van der Waals surface area contributed by atoms with Gasteiger partial charge in [0.2, 0.25) is 0 Å². The van der Waals surface area contributed by atoms with Gasteiger partial charge < -0.3 is 4.74 Å². The lowest BCUT2D eigenvalue weighted by atomic mass is 10.1. The van der Waals surface area contributed by atoms with Gasteiger partial charge in [-0.3, -0.25) is 20.0 Å². The van der Waals surface area contributed by atoms with Crippen LogP contribution in [0, 0.1) is 10.1 Å². The van der Waals surface area contributed by atoms with Crippen molar-refractivity contribution >= 4 is 17.8 Å². The van der Waals surface area contributed by atoms with Gasteiger partial charge in [-0.25, -0.2) is 5.43 Å². The Balaban J connectivity index is 1.68. The highest BCUT2D eigenvalue weighted by Gasteiger charge is 2.12. The number of methoxy groups -OCH3 is 1. The number of aromatic amines is 1. The molecule has 0 spiro atoms. The van der Waals surface area contributed by atoms with Crippen LogP contribution in [0.5, 0.6) is 5.75 Å². The van der Waals surface area contributed by atoms with E-state index in [9.17, 15) is 14.9 Å². The fourth-order valence-electron chi connectivity index (χ4n) is 2.33. The summed E-state index contributed by atoms with van der Waals surface area (Å²) >= 11 is 0.